The number of amides is 1. The number of thiazole rings is 1. The second kappa shape index (κ2) is 5.54. The highest BCUT2D eigenvalue weighted by atomic mass is 32.1. The Balaban J connectivity index is 2.37. The van der Waals surface area contributed by atoms with Gasteiger partial charge < -0.3 is 4.90 Å². The minimum absolute atomic E-state index is 0.0355. The molecule has 1 heterocycles. The molecule has 0 aliphatic heterocycles. The lowest BCUT2D eigenvalue weighted by atomic mass is 10.1. The number of aryl methyl sites for hydroxylation is 1. The van der Waals surface area contributed by atoms with Gasteiger partial charge in [0.15, 0.2) is 5.78 Å². The van der Waals surface area contributed by atoms with E-state index in [1.165, 1.54) is 18.3 Å². The number of nitrogens with zero attached hydrogens (tertiary/aromatic N) is 2. The van der Waals surface area contributed by atoms with Crippen LogP contribution >= 0.6 is 11.3 Å². The summed E-state index contributed by atoms with van der Waals surface area (Å²) in [5, 5.41) is 0.794. The maximum atomic E-state index is 12.0. The van der Waals surface area contributed by atoms with Gasteiger partial charge >= 0.3 is 0 Å². The minimum atomic E-state index is -0.0355. The van der Waals surface area contributed by atoms with E-state index in [9.17, 15) is 9.59 Å². The Kier molecular flexibility index (Phi) is 3.99. The smallest absolute Gasteiger partial charge is 0.265 e. The zero-order chi connectivity index (χ0) is 14.9. The van der Waals surface area contributed by atoms with Gasteiger partial charge in [0, 0.05) is 25.2 Å². The fourth-order valence-electron chi connectivity index (χ4n) is 1.77. The Hall–Kier alpha value is -2.01. The highest BCUT2D eigenvalue weighted by molar-refractivity contribution is 7.17. The van der Waals surface area contributed by atoms with Crippen molar-refractivity contribution in [1.82, 2.24) is 9.88 Å². The lowest BCUT2D eigenvalue weighted by Crippen LogP contribution is -2.21. The number of benzene rings is 1. The highest BCUT2D eigenvalue weighted by Crippen LogP contribution is 2.28. The van der Waals surface area contributed by atoms with Gasteiger partial charge in [-0.25, -0.2) is 4.98 Å². The summed E-state index contributed by atoms with van der Waals surface area (Å²) in [4.78, 5) is 29.9. The normalized spacial score (nSPS) is 10.4. The average molecular weight is 288 g/mol. The van der Waals surface area contributed by atoms with E-state index in [0.717, 1.165) is 16.3 Å². The van der Waals surface area contributed by atoms with Gasteiger partial charge in [0.05, 0.1) is 5.69 Å². The van der Waals surface area contributed by atoms with Crippen molar-refractivity contribution in [1.29, 1.82) is 0 Å². The third kappa shape index (κ3) is 2.77. The van der Waals surface area contributed by atoms with Crippen molar-refractivity contribution < 1.29 is 9.59 Å². The monoisotopic (exact) mass is 288 g/mol. The van der Waals surface area contributed by atoms with Crippen molar-refractivity contribution in [2.24, 2.45) is 0 Å². The third-order valence-corrected chi connectivity index (χ3v) is 4.13. The second-order valence-electron chi connectivity index (χ2n) is 4.77. The molecule has 0 N–H and O–H groups in total. The standard InChI is InChI=1S/C15H16N2O2S/c1-9-13(15(19)17(3)4)20-14(16-9)12-7-5-11(6-8-12)10(2)18/h5-8H,1-4H3. The van der Waals surface area contributed by atoms with Crippen LogP contribution < -0.4 is 0 Å². The van der Waals surface area contributed by atoms with Gasteiger partial charge in [-0.2, -0.15) is 0 Å². The van der Waals surface area contributed by atoms with Crippen molar-refractivity contribution in [3.8, 4) is 10.6 Å². The van der Waals surface area contributed by atoms with Crippen LogP contribution in [-0.2, 0) is 0 Å². The summed E-state index contributed by atoms with van der Waals surface area (Å²) in [6.07, 6.45) is 0. The summed E-state index contributed by atoms with van der Waals surface area (Å²) in [5.74, 6) is 0.00181. The van der Waals surface area contributed by atoms with E-state index in [1.54, 1.807) is 31.1 Å². The number of ketones is 1. The van der Waals surface area contributed by atoms with Gasteiger partial charge in [0.25, 0.3) is 5.91 Å². The molecule has 0 atom stereocenters. The molecule has 1 amide bonds. The topological polar surface area (TPSA) is 50.3 Å². The van der Waals surface area contributed by atoms with E-state index in [4.69, 9.17) is 0 Å². The maximum absolute atomic E-state index is 12.0. The lowest BCUT2D eigenvalue weighted by molar-refractivity contribution is 0.0831. The van der Waals surface area contributed by atoms with Gasteiger partial charge in [-0.05, 0) is 13.8 Å². The molecule has 4 nitrogen and oxygen atoms in total. The molecule has 0 aliphatic carbocycles. The van der Waals surface area contributed by atoms with Gasteiger partial charge in [-0.15, -0.1) is 11.3 Å². The molecule has 0 saturated carbocycles. The zero-order valence-electron chi connectivity index (χ0n) is 11.9. The van der Waals surface area contributed by atoms with Crippen LogP contribution in [0.2, 0.25) is 0 Å². The number of hydrogen-bond acceptors (Lipinski definition) is 4. The number of Topliss-reactive ketones (excluding diaryl/α,β-unsaturated/α-hetero) is 1. The zero-order valence-corrected chi connectivity index (χ0v) is 12.7. The third-order valence-electron chi connectivity index (χ3n) is 2.94. The van der Waals surface area contributed by atoms with E-state index in [0.29, 0.717) is 10.4 Å². The van der Waals surface area contributed by atoms with E-state index < -0.39 is 0 Å². The number of carbonyl (C=O) groups excluding carboxylic acids is 2. The first kappa shape index (κ1) is 14.4. The molecular weight excluding hydrogens is 272 g/mol. The van der Waals surface area contributed by atoms with Crippen LogP contribution in [0.4, 0.5) is 0 Å². The molecule has 20 heavy (non-hydrogen) atoms. The van der Waals surface area contributed by atoms with E-state index in [1.807, 2.05) is 19.1 Å². The summed E-state index contributed by atoms with van der Waals surface area (Å²) in [6.45, 7) is 3.37. The summed E-state index contributed by atoms with van der Waals surface area (Å²) in [6, 6.07) is 7.28. The van der Waals surface area contributed by atoms with Crippen molar-refractivity contribution in [2.75, 3.05) is 14.1 Å². The molecule has 5 heteroatoms. The van der Waals surface area contributed by atoms with Crippen molar-refractivity contribution >= 4 is 23.0 Å². The van der Waals surface area contributed by atoms with E-state index in [-0.39, 0.29) is 11.7 Å². The van der Waals surface area contributed by atoms with Crippen molar-refractivity contribution in [3.63, 3.8) is 0 Å². The fourth-order valence-corrected chi connectivity index (χ4v) is 2.86. The predicted octanol–water partition coefficient (Wildman–Crippen LogP) is 3.02. The Labute approximate surface area is 122 Å². The van der Waals surface area contributed by atoms with Crippen molar-refractivity contribution in [3.05, 3.63) is 40.4 Å². The van der Waals surface area contributed by atoms with Gasteiger partial charge in [-0.3, -0.25) is 9.59 Å². The SMILES string of the molecule is CC(=O)c1ccc(-c2nc(C)c(C(=O)N(C)C)s2)cc1. The molecule has 1 aromatic carbocycles. The Morgan fingerprint density at radius 2 is 1.75 bits per heavy atom. The first-order chi connectivity index (χ1) is 9.40. The number of carbonyl (C=O) groups is 2. The van der Waals surface area contributed by atoms with Gasteiger partial charge in [0.2, 0.25) is 0 Å². The van der Waals surface area contributed by atoms with Gasteiger partial charge in [0.1, 0.15) is 9.88 Å². The molecule has 2 rings (SSSR count). The molecule has 0 bridgehead atoms. The van der Waals surface area contributed by atoms with Crippen LogP contribution in [0.5, 0.6) is 0 Å². The molecular formula is C15H16N2O2S. The number of aromatic nitrogens is 1. The molecule has 2 aromatic rings. The van der Waals surface area contributed by atoms with Crippen LogP contribution in [0.3, 0.4) is 0 Å². The molecule has 0 unspecified atom stereocenters. The maximum Gasteiger partial charge on any atom is 0.265 e. The number of rotatable bonds is 3. The number of hydrogen-bond donors (Lipinski definition) is 0. The fraction of sp³-hybridized carbons (Fsp3) is 0.267. The first-order valence-electron chi connectivity index (χ1n) is 6.20. The molecule has 0 radical (unpaired) electrons. The second-order valence-corrected chi connectivity index (χ2v) is 5.77. The quantitative estimate of drug-likeness (QED) is 0.816. The summed E-state index contributed by atoms with van der Waals surface area (Å²) >= 11 is 1.38. The Morgan fingerprint density at radius 3 is 2.25 bits per heavy atom. The van der Waals surface area contributed by atoms with Crippen LogP contribution in [0, 0.1) is 6.92 Å². The lowest BCUT2D eigenvalue weighted by Gasteiger charge is -2.07. The predicted molar refractivity (Wildman–Crippen MR) is 80.3 cm³/mol. The molecule has 104 valence electrons. The molecule has 0 spiro atoms. The largest absolute Gasteiger partial charge is 0.344 e. The van der Waals surface area contributed by atoms with Crippen LogP contribution in [0.15, 0.2) is 24.3 Å². The molecule has 0 saturated heterocycles. The average Bonchev–Trinajstić information content (AvgIpc) is 2.80. The molecule has 0 aliphatic rings. The van der Waals surface area contributed by atoms with Crippen molar-refractivity contribution in [2.45, 2.75) is 13.8 Å². The van der Waals surface area contributed by atoms with Crippen LogP contribution in [0.25, 0.3) is 10.6 Å². The highest BCUT2D eigenvalue weighted by Gasteiger charge is 2.17. The minimum Gasteiger partial charge on any atom is -0.344 e. The summed E-state index contributed by atoms with van der Waals surface area (Å²) in [7, 11) is 3.45. The van der Waals surface area contributed by atoms with Crippen LogP contribution in [0.1, 0.15) is 32.6 Å². The van der Waals surface area contributed by atoms with Gasteiger partial charge in [-0.1, -0.05) is 24.3 Å². The van der Waals surface area contributed by atoms with E-state index in [2.05, 4.69) is 4.98 Å². The molecule has 0 fully saturated rings. The first-order valence-corrected chi connectivity index (χ1v) is 7.02. The Morgan fingerprint density at radius 1 is 1.15 bits per heavy atom. The summed E-state index contributed by atoms with van der Waals surface area (Å²) in [5.41, 5.74) is 2.33. The summed E-state index contributed by atoms with van der Waals surface area (Å²) < 4.78 is 0. The molecule has 1 aromatic heterocycles. The van der Waals surface area contributed by atoms with Crippen LogP contribution in [-0.4, -0.2) is 35.7 Å². The van der Waals surface area contributed by atoms with E-state index >= 15 is 0 Å². The Bertz CT molecular complexity index is 657.